The zero-order valence-corrected chi connectivity index (χ0v) is 18.2. The van der Waals surface area contributed by atoms with E-state index in [9.17, 15) is 0 Å². The molecule has 4 heteroatoms. The molecule has 0 spiro atoms. The first-order valence-electron chi connectivity index (χ1n) is 10.8. The van der Waals surface area contributed by atoms with Crippen molar-refractivity contribution in [2.45, 2.75) is 64.3 Å². The quantitative estimate of drug-likeness (QED) is 0.516. The van der Waals surface area contributed by atoms with Gasteiger partial charge in [0.2, 0.25) is 0 Å². The Morgan fingerprint density at radius 1 is 1.00 bits per heavy atom. The highest BCUT2D eigenvalue weighted by molar-refractivity contribution is 5.53. The van der Waals surface area contributed by atoms with Gasteiger partial charge in [0, 0.05) is 24.9 Å². The Kier molecular flexibility index (Phi) is 7.57. The van der Waals surface area contributed by atoms with Crippen LogP contribution in [0.5, 0.6) is 5.75 Å². The summed E-state index contributed by atoms with van der Waals surface area (Å²) < 4.78 is 19.2. The van der Waals surface area contributed by atoms with Crippen molar-refractivity contribution in [2.24, 2.45) is 0 Å². The minimum atomic E-state index is -0.461. The molecule has 4 nitrogen and oxygen atoms in total. The molecule has 0 saturated carbocycles. The molecular weight excluding hydrogens is 362 g/mol. The molecule has 1 aliphatic heterocycles. The van der Waals surface area contributed by atoms with E-state index in [2.05, 4.69) is 56.4 Å². The van der Waals surface area contributed by atoms with Crippen LogP contribution < -0.4 is 10.1 Å². The lowest BCUT2D eigenvalue weighted by Gasteiger charge is -2.44. The van der Waals surface area contributed by atoms with Gasteiger partial charge in [0.05, 0.1) is 6.61 Å². The lowest BCUT2D eigenvalue weighted by molar-refractivity contribution is -0.162. The minimum absolute atomic E-state index is 0.158. The fourth-order valence-corrected chi connectivity index (χ4v) is 3.86. The molecule has 0 radical (unpaired) electrons. The molecule has 29 heavy (non-hydrogen) atoms. The van der Waals surface area contributed by atoms with Gasteiger partial charge < -0.3 is 19.5 Å². The highest BCUT2D eigenvalue weighted by Gasteiger charge is 2.45. The SMILES string of the molecule is CCCCCOC1C(OCCc2ccccc2)c2cc(NC)ccc2OC1(C)C. The van der Waals surface area contributed by atoms with Gasteiger partial charge in [-0.1, -0.05) is 50.1 Å². The first-order chi connectivity index (χ1) is 14.0. The third-order valence-electron chi connectivity index (χ3n) is 5.51. The Bertz CT molecular complexity index is 760. The predicted octanol–water partition coefficient (Wildman–Crippen LogP) is 5.78. The third kappa shape index (κ3) is 5.52. The highest BCUT2D eigenvalue weighted by atomic mass is 16.6. The highest BCUT2D eigenvalue weighted by Crippen LogP contribution is 2.44. The van der Waals surface area contributed by atoms with E-state index >= 15 is 0 Å². The molecular formula is C25H35NO3. The maximum absolute atomic E-state index is 6.49. The fraction of sp³-hybridized carbons (Fsp3) is 0.520. The van der Waals surface area contributed by atoms with Crippen molar-refractivity contribution in [3.05, 3.63) is 59.7 Å². The van der Waals surface area contributed by atoms with E-state index in [4.69, 9.17) is 14.2 Å². The van der Waals surface area contributed by atoms with Gasteiger partial charge >= 0.3 is 0 Å². The molecule has 0 saturated heterocycles. The summed E-state index contributed by atoms with van der Waals surface area (Å²) in [6, 6.07) is 16.7. The first kappa shape index (κ1) is 21.7. The summed E-state index contributed by atoms with van der Waals surface area (Å²) in [6.45, 7) is 7.77. The molecule has 2 aromatic carbocycles. The Hall–Kier alpha value is -2.04. The monoisotopic (exact) mass is 397 g/mol. The number of unbranched alkanes of at least 4 members (excludes halogenated alkanes) is 2. The Morgan fingerprint density at radius 2 is 1.79 bits per heavy atom. The lowest BCUT2D eigenvalue weighted by atomic mass is 9.87. The zero-order chi connectivity index (χ0) is 20.7. The molecule has 3 rings (SSSR count). The predicted molar refractivity (Wildman–Crippen MR) is 119 cm³/mol. The molecule has 158 valence electrons. The van der Waals surface area contributed by atoms with Gasteiger partial charge in [-0.2, -0.15) is 0 Å². The second-order valence-electron chi connectivity index (χ2n) is 8.23. The van der Waals surface area contributed by atoms with Crippen molar-refractivity contribution >= 4 is 5.69 Å². The molecule has 2 aromatic rings. The summed E-state index contributed by atoms with van der Waals surface area (Å²) in [5, 5.41) is 3.22. The average Bonchev–Trinajstić information content (AvgIpc) is 2.72. The second-order valence-corrected chi connectivity index (χ2v) is 8.23. The molecule has 1 N–H and O–H groups in total. The molecule has 0 bridgehead atoms. The smallest absolute Gasteiger partial charge is 0.132 e. The number of anilines is 1. The molecule has 1 heterocycles. The summed E-state index contributed by atoms with van der Waals surface area (Å²) in [6.07, 6.45) is 3.97. The van der Waals surface area contributed by atoms with Gasteiger partial charge in [0.25, 0.3) is 0 Å². The first-order valence-corrected chi connectivity index (χ1v) is 10.8. The number of rotatable bonds is 10. The van der Waals surface area contributed by atoms with Crippen molar-refractivity contribution in [1.82, 2.24) is 0 Å². The van der Waals surface area contributed by atoms with E-state index in [1.807, 2.05) is 25.2 Å². The van der Waals surface area contributed by atoms with E-state index in [1.165, 1.54) is 18.4 Å². The molecule has 0 amide bonds. The summed E-state index contributed by atoms with van der Waals surface area (Å²) in [5.41, 5.74) is 2.93. The normalized spacial score (nSPS) is 20.0. The van der Waals surface area contributed by atoms with Crippen molar-refractivity contribution in [2.75, 3.05) is 25.6 Å². The van der Waals surface area contributed by atoms with Crippen LogP contribution in [0.1, 0.15) is 57.3 Å². The van der Waals surface area contributed by atoms with Gasteiger partial charge in [-0.05, 0) is 50.5 Å². The van der Waals surface area contributed by atoms with Gasteiger partial charge in [-0.15, -0.1) is 0 Å². The molecule has 2 atom stereocenters. The van der Waals surface area contributed by atoms with Crippen LogP contribution in [-0.4, -0.2) is 32.0 Å². The van der Waals surface area contributed by atoms with E-state index in [1.54, 1.807) is 0 Å². The van der Waals surface area contributed by atoms with Crippen molar-refractivity contribution in [3.63, 3.8) is 0 Å². The molecule has 0 aromatic heterocycles. The maximum atomic E-state index is 6.49. The second kappa shape index (κ2) is 10.1. The number of nitrogens with one attached hydrogen (secondary N) is 1. The number of hydrogen-bond donors (Lipinski definition) is 1. The van der Waals surface area contributed by atoms with E-state index < -0.39 is 5.60 Å². The Labute approximate surface area is 175 Å². The van der Waals surface area contributed by atoms with Crippen molar-refractivity contribution in [3.8, 4) is 5.75 Å². The van der Waals surface area contributed by atoms with E-state index in [-0.39, 0.29) is 12.2 Å². The van der Waals surface area contributed by atoms with Crippen LogP contribution in [0.3, 0.4) is 0 Å². The third-order valence-corrected chi connectivity index (χ3v) is 5.51. The Morgan fingerprint density at radius 3 is 2.52 bits per heavy atom. The molecule has 2 unspecified atom stereocenters. The number of fused-ring (bicyclic) bond motifs is 1. The summed E-state index contributed by atoms with van der Waals surface area (Å²) in [5.74, 6) is 0.882. The van der Waals surface area contributed by atoms with Gasteiger partial charge in [0.15, 0.2) is 0 Å². The standard InChI is InChI=1S/C25H35NO3/c1-5-6-10-16-28-24-23(27-17-15-19-11-8-7-9-12-19)21-18-20(26-4)13-14-22(21)29-25(24,2)3/h7-9,11-14,18,23-24,26H,5-6,10,15-17H2,1-4H3. The lowest BCUT2D eigenvalue weighted by Crippen LogP contribution is -2.51. The number of hydrogen-bond acceptors (Lipinski definition) is 4. The molecule has 1 aliphatic rings. The van der Waals surface area contributed by atoms with Gasteiger partial charge in [-0.3, -0.25) is 0 Å². The Balaban J connectivity index is 1.80. The zero-order valence-electron chi connectivity index (χ0n) is 18.2. The largest absolute Gasteiger partial charge is 0.485 e. The summed E-state index contributed by atoms with van der Waals surface area (Å²) >= 11 is 0. The van der Waals surface area contributed by atoms with Crippen LogP contribution in [0.2, 0.25) is 0 Å². The fourth-order valence-electron chi connectivity index (χ4n) is 3.86. The molecule has 0 aliphatic carbocycles. The number of benzene rings is 2. The average molecular weight is 398 g/mol. The van der Waals surface area contributed by atoms with Crippen molar-refractivity contribution < 1.29 is 14.2 Å². The van der Waals surface area contributed by atoms with Crippen LogP contribution in [0.25, 0.3) is 0 Å². The van der Waals surface area contributed by atoms with Crippen molar-refractivity contribution in [1.29, 1.82) is 0 Å². The van der Waals surface area contributed by atoms with Gasteiger partial charge in [0.1, 0.15) is 23.6 Å². The maximum Gasteiger partial charge on any atom is 0.132 e. The van der Waals surface area contributed by atoms with Crippen LogP contribution in [0, 0.1) is 0 Å². The van der Waals surface area contributed by atoms with Crippen LogP contribution >= 0.6 is 0 Å². The minimum Gasteiger partial charge on any atom is -0.485 e. The van der Waals surface area contributed by atoms with E-state index in [0.29, 0.717) is 6.61 Å². The summed E-state index contributed by atoms with van der Waals surface area (Å²) in [7, 11) is 1.93. The van der Waals surface area contributed by atoms with E-state index in [0.717, 1.165) is 36.4 Å². The summed E-state index contributed by atoms with van der Waals surface area (Å²) in [4.78, 5) is 0. The van der Waals surface area contributed by atoms with Crippen LogP contribution in [-0.2, 0) is 15.9 Å². The van der Waals surface area contributed by atoms with Gasteiger partial charge in [-0.25, -0.2) is 0 Å². The van der Waals surface area contributed by atoms with Crippen LogP contribution in [0.4, 0.5) is 5.69 Å². The topological polar surface area (TPSA) is 39.7 Å². The number of ether oxygens (including phenoxy) is 3. The molecule has 0 fully saturated rings. The van der Waals surface area contributed by atoms with Crippen LogP contribution in [0.15, 0.2) is 48.5 Å².